The largest absolute Gasteiger partial charge is 0.356 e. The van der Waals surface area contributed by atoms with E-state index in [1.807, 2.05) is 6.20 Å². The molecule has 3 N–H and O–H groups in total. The zero-order valence-corrected chi connectivity index (χ0v) is 17.7. The Balaban J connectivity index is 0.00000484. The van der Waals surface area contributed by atoms with Gasteiger partial charge in [0.2, 0.25) is 10.0 Å². The molecule has 23 heavy (non-hydrogen) atoms. The first-order valence-electron chi connectivity index (χ1n) is 7.36. The van der Waals surface area contributed by atoms with Gasteiger partial charge in [0.1, 0.15) is 0 Å². The summed E-state index contributed by atoms with van der Waals surface area (Å²) in [6, 6.07) is 0. The summed E-state index contributed by atoms with van der Waals surface area (Å²) in [6.07, 6.45) is 3.78. The van der Waals surface area contributed by atoms with E-state index in [2.05, 4.69) is 32.3 Å². The van der Waals surface area contributed by atoms with Crippen LogP contribution in [0.4, 0.5) is 0 Å². The molecule has 0 aliphatic rings. The maximum Gasteiger partial charge on any atom is 0.211 e. The van der Waals surface area contributed by atoms with E-state index in [1.54, 1.807) is 25.3 Å². The summed E-state index contributed by atoms with van der Waals surface area (Å²) in [6.45, 7) is 5.28. The number of hydrogen-bond acceptors (Lipinski definition) is 5. The van der Waals surface area contributed by atoms with Gasteiger partial charge in [0.05, 0.1) is 10.8 Å². The van der Waals surface area contributed by atoms with E-state index >= 15 is 0 Å². The number of nitrogens with zero attached hydrogens (tertiary/aromatic N) is 2. The summed E-state index contributed by atoms with van der Waals surface area (Å²) in [5.74, 6) is 0.746. The van der Waals surface area contributed by atoms with Gasteiger partial charge in [-0.2, -0.15) is 0 Å². The molecule has 0 aliphatic heterocycles. The highest BCUT2D eigenvalue weighted by atomic mass is 127. The van der Waals surface area contributed by atoms with Crippen LogP contribution >= 0.6 is 35.3 Å². The SMILES string of the molecule is CCc1cnc(CCNC(=NC)NCCNS(=O)(=O)CC)s1.I. The van der Waals surface area contributed by atoms with Crippen LogP contribution in [0, 0.1) is 0 Å². The molecule has 1 rings (SSSR count). The molecule has 0 radical (unpaired) electrons. The Bertz CT molecular complexity index is 575. The fourth-order valence-electron chi connectivity index (χ4n) is 1.63. The quantitative estimate of drug-likeness (QED) is 0.214. The lowest BCUT2D eigenvalue weighted by Gasteiger charge is -2.11. The van der Waals surface area contributed by atoms with Crippen molar-refractivity contribution in [1.82, 2.24) is 20.3 Å². The van der Waals surface area contributed by atoms with Gasteiger partial charge in [-0.05, 0) is 13.3 Å². The summed E-state index contributed by atoms with van der Waals surface area (Å²) in [5, 5.41) is 7.36. The van der Waals surface area contributed by atoms with Gasteiger partial charge in [-0.25, -0.2) is 18.1 Å². The smallest absolute Gasteiger partial charge is 0.211 e. The molecule has 1 aromatic rings. The zero-order valence-electron chi connectivity index (χ0n) is 13.8. The van der Waals surface area contributed by atoms with Crippen LogP contribution in [0.3, 0.4) is 0 Å². The first-order chi connectivity index (χ1) is 10.5. The lowest BCUT2D eigenvalue weighted by Crippen LogP contribution is -2.42. The number of halogens is 1. The predicted molar refractivity (Wildman–Crippen MR) is 107 cm³/mol. The van der Waals surface area contributed by atoms with Crippen LogP contribution in [-0.2, 0) is 22.9 Å². The van der Waals surface area contributed by atoms with Crippen LogP contribution in [0.5, 0.6) is 0 Å². The van der Waals surface area contributed by atoms with E-state index in [9.17, 15) is 8.42 Å². The maximum absolute atomic E-state index is 11.3. The van der Waals surface area contributed by atoms with E-state index in [-0.39, 0.29) is 29.7 Å². The lowest BCUT2D eigenvalue weighted by molar-refractivity contribution is 0.582. The summed E-state index contributed by atoms with van der Waals surface area (Å²) in [5.41, 5.74) is 0. The number of nitrogens with one attached hydrogen (secondary N) is 3. The first kappa shape index (κ1) is 22.5. The highest BCUT2D eigenvalue weighted by molar-refractivity contribution is 14.0. The zero-order chi connectivity index (χ0) is 16.4. The molecule has 134 valence electrons. The van der Waals surface area contributed by atoms with Crippen LogP contribution in [0.15, 0.2) is 11.2 Å². The van der Waals surface area contributed by atoms with Crippen molar-refractivity contribution in [2.24, 2.45) is 4.99 Å². The fourth-order valence-corrected chi connectivity index (χ4v) is 3.10. The minimum atomic E-state index is -3.13. The average Bonchev–Trinajstić information content (AvgIpc) is 2.97. The molecule has 0 bridgehead atoms. The standard InChI is InChI=1S/C13H25N5O2S2.HI/c1-4-11-10-17-12(21-11)6-7-15-13(14-3)16-8-9-18-22(19,20)5-2;/h10,18H,4-9H2,1-3H3,(H2,14,15,16);1H. The molecular formula is C13H26IN5O2S2. The fraction of sp³-hybridized carbons (Fsp3) is 0.692. The summed E-state index contributed by atoms with van der Waals surface area (Å²) < 4.78 is 25.1. The number of aryl methyl sites for hydroxylation is 1. The van der Waals surface area contributed by atoms with Crippen molar-refractivity contribution in [2.75, 3.05) is 32.4 Å². The number of sulfonamides is 1. The van der Waals surface area contributed by atoms with Gasteiger partial charge in [0.15, 0.2) is 5.96 Å². The molecule has 0 aromatic carbocycles. The van der Waals surface area contributed by atoms with Gasteiger partial charge in [-0.1, -0.05) is 6.92 Å². The van der Waals surface area contributed by atoms with Gasteiger partial charge in [0.25, 0.3) is 0 Å². The molecule has 0 aliphatic carbocycles. The Morgan fingerprint density at radius 1 is 1.26 bits per heavy atom. The molecule has 1 heterocycles. The molecule has 1 aromatic heterocycles. The van der Waals surface area contributed by atoms with Crippen LogP contribution in [0.25, 0.3) is 0 Å². The van der Waals surface area contributed by atoms with E-state index in [0.717, 1.165) is 24.4 Å². The van der Waals surface area contributed by atoms with Crippen molar-refractivity contribution < 1.29 is 8.42 Å². The van der Waals surface area contributed by atoms with Crippen molar-refractivity contribution in [2.45, 2.75) is 26.7 Å². The first-order valence-corrected chi connectivity index (χ1v) is 9.83. The molecular weight excluding hydrogens is 449 g/mol. The molecule has 0 spiro atoms. The molecule has 0 amide bonds. The van der Waals surface area contributed by atoms with Crippen molar-refractivity contribution in [3.8, 4) is 0 Å². The lowest BCUT2D eigenvalue weighted by atomic mass is 10.4. The second-order valence-corrected chi connectivity index (χ2v) is 7.84. The Morgan fingerprint density at radius 2 is 1.96 bits per heavy atom. The number of guanidine groups is 1. The molecule has 0 saturated heterocycles. The Morgan fingerprint density at radius 3 is 2.52 bits per heavy atom. The third kappa shape index (κ3) is 9.42. The Hall–Kier alpha value is -0.460. The molecule has 10 heteroatoms. The third-order valence-electron chi connectivity index (χ3n) is 2.92. The highest BCUT2D eigenvalue weighted by Gasteiger charge is 2.05. The molecule has 0 saturated carbocycles. The number of rotatable bonds is 9. The van der Waals surface area contributed by atoms with Crippen molar-refractivity contribution in [3.63, 3.8) is 0 Å². The van der Waals surface area contributed by atoms with Crippen molar-refractivity contribution in [1.29, 1.82) is 0 Å². The number of aliphatic imine (C=N–C) groups is 1. The Labute approximate surface area is 159 Å². The van der Waals surface area contributed by atoms with E-state index in [4.69, 9.17) is 0 Å². The van der Waals surface area contributed by atoms with E-state index in [1.165, 1.54) is 4.88 Å². The average molecular weight is 475 g/mol. The second-order valence-electron chi connectivity index (χ2n) is 4.55. The summed E-state index contributed by atoms with van der Waals surface area (Å²) in [7, 11) is -1.45. The van der Waals surface area contributed by atoms with Gasteiger partial charge >= 0.3 is 0 Å². The van der Waals surface area contributed by atoms with Crippen LogP contribution in [0.2, 0.25) is 0 Å². The number of hydrogen-bond donors (Lipinski definition) is 3. The van der Waals surface area contributed by atoms with Gasteiger partial charge in [-0.3, -0.25) is 4.99 Å². The molecule has 0 unspecified atom stereocenters. The third-order valence-corrected chi connectivity index (χ3v) is 5.53. The monoisotopic (exact) mass is 475 g/mol. The van der Waals surface area contributed by atoms with Crippen LogP contribution in [-0.4, -0.2) is 51.8 Å². The minimum Gasteiger partial charge on any atom is -0.356 e. The Kier molecular flexibility index (Phi) is 11.7. The number of thiazole rings is 1. The van der Waals surface area contributed by atoms with E-state index in [0.29, 0.717) is 19.0 Å². The predicted octanol–water partition coefficient (Wildman–Crippen LogP) is 0.970. The summed E-state index contributed by atoms with van der Waals surface area (Å²) >= 11 is 1.73. The van der Waals surface area contributed by atoms with Crippen molar-refractivity contribution >= 4 is 51.3 Å². The topological polar surface area (TPSA) is 95.5 Å². The minimum absolute atomic E-state index is 0. The van der Waals surface area contributed by atoms with Gasteiger partial charge < -0.3 is 10.6 Å². The van der Waals surface area contributed by atoms with E-state index < -0.39 is 10.0 Å². The highest BCUT2D eigenvalue weighted by Crippen LogP contribution is 2.13. The van der Waals surface area contributed by atoms with Crippen LogP contribution < -0.4 is 15.4 Å². The normalized spacial score (nSPS) is 11.9. The van der Waals surface area contributed by atoms with Crippen LogP contribution in [0.1, 0.15) is 23.7 Å². The molecule has 7 nitrogen and oxygen atoms in total. The molecule has 0 fully saturated rings. The van der Waals surface area contributed by atoms with Gasteiger partial charge in [-0.15, -0.1) is 35.3 Å². The maximum atomic E-state index is 11.3. The van der Waals surface area contributed by atoms with Gasteiger partial charge in [0, 0.05) is 44.2 Å². The van der Waals surface area contributed by atoms with Crippen molar-refractivity contribution in [3.05, 3.63) is 16.1 Å². The molecule has 0 atom stereocenters. The summed E-state index contributed by atoms with van der Waals surface area (Å²) in [4.78, 5) is 9.75. The second kappa shape index (κ2) is 12.0. The number of aromatic nitrogens is 1.